The van der Waals surface area contributed by atoms with Gasteiger partial charge >= 0.3 is 12.1 Å². The molecular formula is C29H30F3NO6S2. The minimum Gasteiger partial charge on any atom is -0.494 e. The predicted molar refractivity (Wildman–Crippen MR) is 150 cm³/mol. The van der Waals surface area contributed by atoms with Crippen LogP contribution >= 0.6 is 11.8 Å². The van der Waals surface area contributed by atoms with Crippen molar-refractivity contribution >= 4 is 27.6 Å². The molecule has 0 saturated heterocycles. The number of carboxylic acid groups (broad SMARTS) is 1. The second-order valence-electron chi connectivity index (χ2n) is 10.1. The average Bonchev–Trinajstić information content (AvgIpc) is 3.25. The number of thioether (sulfide) groups is 1. The molecule has 2 heterocycles. The van der Waals surface area contributed by atoms with E-state index in [4.69, 9.17) is 14.6 Å². The number of alkyl halides is 3. The number of aryl methyl sites for hydroxylation is 2. The second kappa shape index (κ2) is 12.3. The molecule has 0 fully saturated rings. The molecular weight excluding hydrogens is 579 g/mol. The summed E-state index contributed by atoms with van der Waals surface area (Å²) >= 11 is 1.47. The number of pyridine rings is 1. The van der Waals surface area contributed by atoms with Crippen molar-refractivity contribution in [2.75, 3.05) is 24.4 Å². The summed E-state index contributed by atoms with van der Waals surface area (Å²) in [6, 6.07) is 9.14. The fraction of sp³-hybridized carbons (Fsp3) is 0.379. The SMILES string of the molecule is Cc1cc(OCCCS(C)(=O)=O)cc(C)c1-c1ccc(C(F)(F)F)c(COc2cc3c(cn2)[C@@H](CC(=O)O)CS3)c1. The van der Waals surface area contributed by atoms with E-state index in [2.05, 4.69) is 4.98 Å². The van der Waals surface area contributed by atoms with E-state index in [1.165, 1.54) is 36.3 Å². The van der Waals surface area contributed by atoms with Gasteiger partial charge in [-0.3, -0.25) is 4.79 Å². The number of carbonyl (C=O) groups is 1. The zero-order chi connectivity index (χ0) is 29.9. The summed E-state index contributed by atoms with van der Waals surface area (Å²) in [7, 11) is -3.08. The highest BCUT2D eigenvalue weighted by molar-refractivity contribution is 7.99. The lowest BCUT2D eigenvalue weighted by atomic mass is 9.92. The normalized spacial score (nSPS) is 15.0. The Morgan fingerprint density at radius 2 is 1.83 bits per heavy atom. The number of aromatic nitrogens is 1. The number of halogens is 3. The molecule has 1 aromatic heterocycles. The van der Waals surface area contributed by atoms with Crippen molar-refractivity contribution in [1.29, 1.82) is 0 Å². The highest BCUT2D eigenvalue weighted by Crippen LogP contribution is 2.42. The number of carboxylic acids is 1. The fourth-order valence-corrected chi connectivity index (χ4v) is 6.76. The Bertz CT molecular complexity index is 1530. The summed E-state index contributed by atoms with van der Waals surface area (Å²) in [6.07, 6.45) is -1.55. The molecule has 4 rings (SSSR count). The number of ether oxygens (including phenoxy) is 2. The topological polar surface area (TPSA) is 103 Å². The number of hydrogen-bond donors (Lipinski definition) is 1. The first kappa shape index (κ1) is 30.7. The molecule has 7 nitrogen and oxygen atoms in total. The maximum Gasteiger partial charge on any atom is 0.416 e. The van der Waals surface area contributed by atoms with E-state index in [-0.39, 0.29) is 42.7 Å². The molecule has 0 aliphatic carbocycles. The Labute approximate surface area is 241 Å². The standard InChI is InChI=1S/C29H30F3NO6S2/c1-17-9-22(38-7-4-8-41(3,36)37)10-18(2)28(17)19-5-6-24(29(30,31)32)20(11-19)15-39-26-13-25-23(14-33-26)21(16-40-25)12-27(34)35/h5-6,9-11,13-14,21H,4,7-8,12,15-16H2,1-3H3,(H,34,35)/t21-/m0/s1. The van der Waals surface area contributed by atoms with Gasteiger partial charge in [-0.25, -0.2) is 13.4 Å². The van der Waals surface area contributed by atoms with Gasteiger partial charge in [0.1, 0.15) is 22.2 Å². The third kappa shape index (κ3) is 7.94. The van der Waals surface area contributed by atoms with E-state index in [9.17, 15) is 26.4 Å². The van der Waals surface area contributed by atoms with Crippen LogP contribution < -0.4 is 9.47 Å². The molecule has 0 radical (unpaired) electrons. The van der Waals surface area contributed by atoms with Crippen molar-refractivity contribution in [3.63, 3.8) is 0 Å². The second-order valence-corrected chi connectivity index (χ2v) is 13.4. The number of hydrogen-bond acceptors (Lipinski definition) is 7. The first-order valence-corrected chi connectivity index (χ1v) is 15.9. The van der Waals surface area contributed by atoms with Crippen molar-refractivity contribution in [1.82, 2.24) is 4.98 Å². The number of sulfone groups is 1. The Balaban J connectivity index is 1.55. The maximum atomic E-state index is 13.9. The van der Waals surface area contributed by atoms with Gasteiger partial charge in [0.2, 0.25) is 5.88 Å². The average molecular weight is 610 g/mol. The minimum atomic E-state index is -4.59. The van der Waals surface area contributed by atoms with Crippen LogP contribution in [0.1, 0.15) is 46.6 Å². The van der Waals surface area contributed by atoms with Gasteiger partial charge in [-0.05, 0) is 72.4 Å². The van der Waals surface area contributed by atoms with Gasteiger partial charge in [0.25, 0.3) is 0 Å². The lowest BCUT2D eigenvalue weighted by Crippen LogP contribution is -2.12. The van der Waals surface area contributed by atoms with Crippen LogP contribution in [-0.4, -0.2) is 48.8 Å². The van der Waals surface area contributed by atoms with Crippen LogP contribution in [0.3, 0.4) is 0 Å². The first-order chi connectivity index (χ1) is 19.2. The van der Waals surface area contributed by atoms with E-state index in [1.54, 1.807) is 18.2 Å². The van der Waals surface area contributed by atoms with E-state index >= 15 is 0 Å². The van der Waals surface area contributed by atoms with Gasteiger partial charge in [0.15, 0.2) is 0 Å². The van der Waals surface area contributed by atoms with Gasteiger partial charge in [-0.2, -0.15) is 13.2 Å². The molecule has 1 atom stereocenters. The Morgan fingerprint density at radius 1 is 1.12 bits per heavy atom. The monoisotopic (exact) mass is 609 g/mol. The molecule has 0 unspecified atom stereocenters. The molecule has 3 aromatic rings. The number of fused-ring (bicyclic) bond motifs is 1. The van der Waals surface area contributed by atoms with E-state index in [0.29, 0.717) is 23.5 Å². The van der Waals surface area contributed by atoms with Crippen molar-refractivity contribution in [3.8, 4) is 22.8 Å². The zero-order valence-corrected chi connectivity index (χ0v) is 24.4. The summed E-state index contributed by atoms with van der Waals surface area (Å²) in [5.41, 5.74) is 2.89. The van der Waals surface area contributed by atoms with E-state index < -0.39 is 27.5 Å². The highest BCUT2D eigenvalue weighted by atomic mass is 32.2. The predicted octanol–water partition coefficient (Wildman–Crippen LogP) is 6.44. The number of rotatable bonds is 11. The molecule has 1 aliphatic rings. The minimum absolute atomic E-state index is 0.0151. The summed E-state index contributed by atoms with van der Waals surface area (Å²) < 4.78 is 75.8. The Hall–Kier alpha value is -3.25. The number of nitrogens with zero attached hydrogens (tertiary/aromatic N) is 1. The molecule has 0 spiro atoms. The van der Waals surface area contributed by atoms with E-state index in [0.717, 1.165) is 33.2 Å². The highest BCUT2D eigenvalue weighted by Gasteiger charge is 2.34. The van der Waals surface area contributed by atoms with Crippen LogP contribution in [0.5, 0.6) is 11.6 Å². The number of aliphatic carboxylic acids is 1. The molecule has 2 aromatic carbocycles. The third-order valence-electron chi connectivity index (χ3n) is 6.68. The van der Waals surface area contributed by atoms with Crippen LogP contribution in [0.25, 0.3) is 11.1 Å². The number of benzene rings is 2. The smallest absolute Gasteiger partial charge is 0.416 e. The van der Waals surface area contributed by atoms with Gasteiger partial charge in [-0.1, -0.05) is 6.07 Å². The van der Waals surface area contributed by atoms with Gasteiger partial charge in [-0.15, -0.1) is 11.8 Å². The molecule has 1 N–H and O–H groups in total. The van der Waals surface area contributed by atoms with Crippen molar-refractivity contribution in [2.24, 2.45) is 0 Å². The molecule has 12 heteroatoms. The van der Waals surface area contributed by atoms with Gasteiger partial charge in [0, 0.05) is 40.6 Å². The maximum absolute atomic E-state index is 13.9. The molecule has 0 amide bonds. The molecule has 220 valence electrons. The van der Waals surface area contributed by atoms with Crippen LogP contribution in [0.4, 0.5) is 13.2 Å². The largest absolute Gasteiger partial charge is 0.494 e. The summed E-state index contributed by atoms with van der Waals surface area (Å²) in [5, 5.41) is 9.11. The van der Waals surface area contributed by atoms with Crippen LogP contribution in [0, 0.1) is 13.8 Å². The fourth-order valence-electron chi connectivity index (χ4n) is 4.87. The molecule has 0 bridgehead atoms. The third-order valence-corrected chi connectivity index (χ3v) is 8.94. The first-order valence-electron chi connectivity index (χ1n) is 12.8. The lowest BCUT2D eigenvalue weighted by molar-refractivity contribution is -0.139. The molecule has 1 aliphatic heterocycles. The zero-order valence-electron chi connectivity index (χ0n) is 22.7. The summed E-state index contributed by atoms with van der Waals surface area (Å²) in [6.45, 7) is 3.53. The van der Waals surface area contributed by atoms with Crippen molar-refractivity contribution in [3.05, 3.63) is 70.4 Å². The van der Waals surface area contributed by atoms with E-state index in [1.807, 2.05) is 13.8 Å². The quantitative estimate of drug-likeness (QED) is 0.248. The van der Waals surface area contributed by atoms with Crippen LogP contribution in [0.15, 0.2) is 47.5 Å². The van der Waals surface area contributed by atoms with Crippen molar-refractivity contribution < 1.29 is 41.0 Å². The van der Waals surface area contributed by atoms with Crippen LogP contribution in [0.2, 0.25) is 0 Å². The van der Waals surface area contributed by atoms with Gasteiger partial charge in [0.05, 0.1) is 24.3 Å². The van der Waals surface area contributed by atoms with Crippen molar-refractivity contribution in [2.45, 2.75) is 50.3 Å². The molecule has 41 heavy (non-hydrogen) atoms. The summed E-state index contributed by atoms with van der Waals surface area (Å²) in [4.78, 5) is 16.1. The lowest BCUT2D eigenvalue weighted by Gasteiger charge is -2.18. The van der Waals surface area contributed by atoms with Gasteiger partial charge < -0.3 is 14.6 Å². The molecule has 0 saturated carbocycles. The summed E-state index contributed by atoms with van der Waals surface area (Å²) in [5.74, 6) is 0.258. The Kier molecular flexibility index (Phi) is 9.22. The Morgan fingerprint density at radius 3 is 2.46 bits per heavy atom. The van der Waals surface area contributed by atoms with Crippen LogP contribution in [-0.2, 0) is 27.4 Å².